The second kappa shape index (κ2) is 10.4. The summed E-state index contributed by atoms with van der Waals surface area (Å²) in [5.41, 5.74) is 2.36. The first kappa shape index (κ1) is 18.8. The van der Waals surface area contributed by atoms with Gasteiger partial charge in [0.05, 0.1) is 20.8 Å². The Labute approximate surface area is 149 Å². The Balaban J connectivity index is 1.58. The second-order valence-electron chi connectivity index (χ2n) is 5.73. The number of methoxy groups -OCH3 is 2. The zero-order chi connectivity index (χ0) is 17.9. The molecule has 0 spiro atoms. The van der Waals surface area contributed by atoms with Crippen molar-refractivity contribution < 1.29 is 14.3 Å². The summed E-state index contributed by atoms with van der Waals surface area (Å²) in [4.78, 5) is 11.8. The summed E-state index contributed by atoms with van der Waals surface area (Å²) in [6.07, 6.45) is 1.66. The number of ether oxygens (including phenoxy) is 2. The number of nitrogens with one attached hydrogen (secondary N) is 2. The molecule has 0 aliphatic rings. The van der Waals surface area contributed by atoms with E-state index in [1.807, 2.05) is 42.5 Å². The van der Waals surface area contributed by atoms with Crippen molar-refractivity contribution in [1.82, 2.24) is 10.6 Å². The lowest BCUT2D eigenvalue weighted by Gasteiger charge is -2.08. The molecule has 25 heavy (non-hydrogen) atoms. The summed E-state index contributed by atoms with van der Waals surface area (Å²) in [6, 6.07) is 15.8. The monoisotopic (exact) mass is 342 g/mol. The van der Waals surface area contributed by atoms with Gasteiger partial charge in [0.25, 0.3) is 0 Å². The molecule has 2 aromatic rings. The lowest BCUT2D eigenvalue weighted by molar-refractivity contribution is -0.120. The average Bonchev–Trinajstić information content (AvgIpc) is 2.66. The van der Waals surface area contributed by atoms with Gasteiger partial charge in [-0.15, -0.1) is 0 Å². The van der Waals surface area contributed by atoms with Crippen LogP contribution < -0.4 is 20.1 Å². The van der Waals surface area contributed by atoms with Crippen LogP contribution in [0, 0.1) is 0 Å². The molecule has 0 fully saturated rings. The molecule has 2 N–H and O–H groups in total. The molecule has 2 aromatic carbocycles. The fourth-order valence-corrected chi connectivity index (χ4v) is 2.46. The van der Waals surface area contributed by atoms with E-state index >= 15 is 0 Å². The van der Waals surface area contributed by atoms with Crippen molar-refractivity contribution in [2.45, 2.75) is 12.8 Å². The molecule has 134 valence electrons. The topological polar surface area (TPSA) is 59.6 Å². The van der Waals surface area contributed by atoms with Crippen LogP contribution in [0.4, 0.5) is 0 Å². The van der Waals surface area contributed by atoms with Crippen molar-refractivity contribution in [2.75, 3.05) is 33.9 Å². The fourth-order valence-electron chi connectivity index (χ4n) is 2.46. The van der Waals surface area contributed by atoms with E-state index < -0.39 is 0 Å². The molecule has 0 aliphatic carbocycles. The summed E-state index contributed by atoms with van der Waals surface area (Å²) in [5.74, 6) is 1.71. The number of benzene rings is 2. The first-order chi connectivity index (χ1) is 12.2. The minimum Gasteiger partial charge on any atom is -0.497 e. The van der Waals surface area contributed by atoms with Crippen LogP contribution in [0.2, 0.25) is 0 Å². The molecule has 2 rings (SSSR count). The summed E-state index contributed by atoms with van der Waals surface area (Å²) < 4.78 is 10.3. The van der Waals surface area contributed by atoms with Gasteiger partial charge in [-0.25, -0.2) is 0 Å². The van der Waals surface area contributed by atoms with Gasteiger partial charge in [0, 0.05) is 6.54 Å². The van der Waals surface area contributed by atoms with Gasteiger partial charge in [0.2, 0.25) is 5.91 Å². The molecule has 5 nitrogen and oxygen atoms in total. The van der Waals surface area contributed by atoms with Crippen LogP contribution in [0.15, 0.2) is 48.5 Å². The van der Waals surface area contributed by atoms with Gasteiger partial charge in [-0.3, -0.25) is 4.79 Å². The minimum absolute atomic E-state index is 0.0131. The molecule has 0 atom stereocenters. The van der Waals surface area contributed by atoms with E-state index in [-0.39, 0.29) is 5.91 Å². The van der Waals surface area contributed by atoms with Crippen LogP contribution in [0.3, 0.4) is 0 Å². The first-order valence-electron chi connectivity index (χ1n) is 8.44. The lowest BCUT2D eigenvalue weighted by atomic mass is 10.1. The number of hydrogen-bond acceptors (Lipinski definition) is 4. The molecule has 0 aromatic heterocycles. The van der Waals surface area contributed by atoms with Gasteiger partial charge in [0.15, 0.2) is 0 Å². The van der Waals surface area contributed by atoms with E-state index in [4.69, 9.17) is 9.47 Å². The van der Waals surface area contributed by atoms with Crippen molar-refractivity contribution in [3.8, 4) is 11.5 Å². The van der Waals surface area contributed by atoms with Gasteiger partial charge >= 0.3 is 0 Å². The molecule has 0 unspecified atom stereocenters. The Morgan fingerprint density at radius 1 is 0.880 bits per heavy atom. The van der Waals surface area contributed by atoms with Crippen molar-refractivity contribution in [2.24, 2.45) is 0 Å². The molecular weight excluding hydrogens is 316 g/mol. The normalized spacial score (nSPS) is 10.3. The van der Waals surface area contributed by atoms with E-state index in [0.717, 1.165) is 30.9 Å². The van der Waals surface area contributed by atoms with Crippen molar-refractivity contribution >= 4 is 5.91 Å². The Morgan fingerprint density at radius 2 is 1.60 bits per heavy atom. The van der Waals surface area contributed by atoms with Crippen LogP contribution >= 0.6 is 0 Å². The van der Waals surface area contributed by atoms with E-state index in [1.54, 1.807) is 14.2 Å². The van der Waals surface area contributed by atoms with Gasteiger partial charge in [-0.1, -0.05) is 24.3 Å². The van der Waals surface area contributed by atoms with E-state index in [2.05, 4.69) is 16.7 Å². The van der Waals surface area contributed by atoms with Crippen LogP contribution in [-0.4, -0.2) is 39.8 Å². The van der Waals surface area contributed by atoms with Crippen molar-refractivity contribution in [3.05, 3.63) is 59.7 Å². The molecular formula is C20H26N2O3. The summed E-state index contributed by atoms with van der Waals surface area (Å²) >= 11 is 0. The third-order valence-electron chi connectivity index (χ3n) is 3.91. The third-order valence-corrected chi connectivity index (χ3v) is 3.91. The van der Waals surface area contributed by atoms with Gasteiger partial charge in [-0.2, -0.15) is 0 Å². The molecule has 5 heteroatoms. The van der Waals surface area contributed by atoms with E-state index in [9.17, 15) is 4.79 Å². The van der Waals surface area contributed by atoms with Crippen molar-refractivity contribution in [3.63, 3.8) is 0 Å². The van der Waals surface area contributed by atoms with E-state index in [0.29, 0.717) is 13.1 Å². The molecule has 0 aliphatic heterocycles. The average molecular weight is 342 g/mol. The highest BCUT2D eigenvalue weighted by Gasteiger charge is 2.01. The quantitative estimate of drug-likeness (QED) is 0.650. The summed E-state index contributed by atoms with van der Waals surface area (Å²) in [7, 11) is 3.31. The van der Waals surface area contributed by atoms with Gasteiger partial charge in [-0.05, 0) is 54.8 Å². The van der Waals surface area contributed by atoms with Crippen LogP contribution in [0.25, 0.3) is 0 Å². The highest BCUT2D eigenvalue weighted by atomic mass is 16.5. The summed E-state index contributed by atoms with van der Waals surface area (Å²) in [5, 5.41) is 6.09. The smallest absolute Gasteiger partial charge is 0.233 e. The van der Waals surface area contributed by atoms with Gasteiger partial charge < -0.3 is 20.1 Å². The number of rotatable bonds is 10. The predicted octanol–water partition coefficient (Wildman–Crippen LogP) is 2.19. The lowest BCUT2D eigenvalue weighted by Crippen LogP contribution is -2.35. The van der Waals surface area contributed by atoms with Crippen molar-refractivity contribution in [1.29, 1.82) is 0 Å². The maximum atomic E-state index is 11.8. The maximum Gasteiger partial charge on any atom is 0.233 e. The highest BCUT2D eigenvalue weighted by Crippen LogP contribution is 2.12. The van der Waals surface area contributed by atoms with Crippen LogP contribution in [-0.2, 0) is 17.6 Å². The summed E-state index contributed by atoms with van der Waals surface area (Å²) in [6.45, 7) is 1.70. The molecule has 0 radical (unpaired) electrons. The zero-order valence-electron chi connectivity index (χ0n) is 14.9. The molecule has 0 saturated carbocycles. The minimum atomic E-state index is 0.0131. The highest BCUT2D eigenvalue weighted by molar-refractivity contribution is 5.77. The maximum absolute atomic E-state index is 11.8. The van der Waals surface area contributed by atoms with Crippen LogP contribution in [0.5, 0.6) is 11.5 Å². The Morgan fingerprint density at radius 3 is 2.32 bits per heavy atom. The third kappa shape index (κ3) is 6.85. The second-order valence-corrected chi connectivity index (χ2v) is 5.73. The zero-order valence-corrected chi connectivity index (χ0v) is 14.9. The Bertz CT molecular complexity index is 656. The standard InChI is InChI=1S/C20H26N2O3/c1-24-18-8-6-16(7-9-18)11-13-22-20(23)15-21-12-10-17-4-3-5-19(14-17)25-2/h3-9,14,21H,10-13,15H2,1-2H3,(H,22,23). The number of carbonyl (C=O) groups excluding carboxylic acids is 1. The van der Waals surface area contributed by atoms with Gasteiger partial charge in [0.1, 0.15) is 11.5 Å². The predicted molar refractivity (Wildman–Crippen MR) is 99.3 cm³/mol. The van der Waals surface area contributed by atoms with Crippen LogP contribution in [0.1, 0.15) is 11.1 Å². The number of hydrogen-bond donors (Lipinski definition) is 2. The Hall–Kier alpha value is -2.53. The SMILES string of the molecule is COc1ccc(CCNC(=O)CNCCc2cccc(OC)c2)cc1. The molecule has 1 amide bonds. The fraction of sp³-hybridized carbons (Fsp3) is 0.350. The Kier molecular flexibility index (Phi) is 7.79. The number of amides is 1. The first-order valence-corrected chi connectivity index (χ1v) is 8.44. The van der Waals surface area contributed by atoms with E-state index in [1.165, 1.54) is 11.1 Å². The molecule has 0 saturated heterocycles. The number of carbonyl (C=O) groups is 1. The molecule has 0 heterocycles. The largest absolute Gasteiger partial charge is 0.497 e. The molecule has 0 bridgehead atoms.